The zero-order chi connectivity index (χ0) is 19.2. The average molecular weight is 386 g/mol. The van der Waals surface area contributed by atoms with E-state index in [1.165, 1.54) is 24.5 Å². The minimum Gasteiger partial charge on any atom is -0.494 e. The number of benzene rings is 2. The quantitative estimate of drug-likeness (QED) is 0.655. The number of carbonyl (C=O) groups is 1. The first-order valence-electron chi connectivity index (χ1n) is 8.31. The molecule has 1 amide bonds. The van der Waals surface area contributed by atoms with Gasteiger partial charge in [0.05, 0.1) is 24.4 Å². The molecule has 1 aromatic heterocycles. The van der Waals surface area contributed by atoms with Crippen LogP contribution in [0, 0.1) is 5.82 Å². The zero-order valence-corrected chi connectivity index (χ0v) is 15.8. The van der Waals surface area contributed by atoms with E-state index in [0.29, 0.717) is 23.5 Å². The maximum absolute atomic E-state index is 13.8. The fourth-order valence-corrected chi connectivity index (χ4v) is 3.03. The lowest BCUT2D eigenvalue weighted by atomic mass is 10.1. The highest BCUT2D eigenvalue weighted by Crippen LogP contribution is 2.22. The Hall–Kier alpha value is -2.93. The van der Waals surface area contributed by atoms with Crippen LogP contribution in [0.25, 0.3) is 0 Å². The van der Waals surface area contributed by atoms with Crippen LogP contribution in [-0.2, 0) is 6.61 Å². The predicted molar refractivity (Wildman–Crippen MR) is 102 cm³/mol. The van der Waals surface area contributed by atoms with Gasteiger partial charge in [0, 0.05) is 10.9 Å². The van der Waals surface area contributed by atoms with Gasteiger partial charge in [-0.05, 0) is 48.9 Å². The van der Waals surface area contributed by atoms with Crippen molar-refractivity contribution < 1.29 is 18.7 Å². The molecule has 5 nitrogen and oxygen atoms in total. The van der Waals surface area contributed by atoms with E-state index in [2.05, 4.69) is 10.3 Å². The summed E-state index contributed by atoms with van der Waals surface area (Å²) >= 11 is 1.51. The Morgan fingerprint density at radius 2 is 2.04 bits per heavy atom. The lowest BCUT2D eigenvalue weighted by molar-refractivity contribution is 0.0939. The largest absolute Gasteiger partial charge is 0.494 e. The number of amides is 1. The lowest BCUT2D eigenvalue weighted by Gasteiger charge is -2.15. The number of hydrogen-bond donors (Lipinski definition) is 1. The molecule has 0 aliphatic heterocycles. The smallest absolute Gasteiger partial charge is 0.251 e. The third-order valence-electron chi connectivity index (χ3n) is 4.01. The van der Waals surface area contributed by atoms with Crippen LogP contribution in [0.3, 0.4) is 0 Å². The fraction of sp³-hybridized carbons (Fsp3) is 0.200. The van der Waals surface area contributed by atoms with Crippen LogP contribution in [0.1, 0.15) is 34.6 Å². The Kier molecular flexibility index (Phi) is 6.03. The number of rotatable bonds is 7. The molecule has 1 atom stereocenters. The Morgan fingerprint density at radius 3 is 2.67 bits per heavy atom. The van der Waals surface area contributed by atoms with Gasteiger partial charge in [-0.1, -0.05) is 6.07 Å². The van der Waals surface area contributed by atoms with Crippen LogP contribution >= 0.6 is 11.3 Å². The van der Waals surface area contributed by atoms with Crippen molar-refractivity contribution in [2.45, 2.75) is 19.6 Å². The van der Waals surface area contributed by atoms with E-state index in [9.17, 15) is 9.18 Å². The second-order valence-corrected chi connectivity index (χ2v) is 6.60. The summed E-state index contributed by atoms with van der Waals surface area (Å²) in [5, 5.41) is 4.78. The number of hydrogen-bond acceptors (Lipinski definition) is 5. The number of nitrogens with zero attached hydrogens (tertiary/aromatic N) is 1. The lowest BCUT2D eigenvalue weighted by Crippen LogP contribution is -2.26. The Bertz CT molecular complexity index is 898. The SMILES string of the molecule is COc1ccc([C@H](C)NC(=O)c2ccc(OCc3cscn3)cc2)cc1F. The van der Waals surface area contributed by atoms with Crippen molar-refractivity contribution >= 4 is 17.2 Å². The molecule has 1 heterocycles. The van der Waals surface area contributed by atoms with E-state index in [0.717, 1.165) is 5.69 Å². The molecule has 0 bridgehead atoms. The van der Waals surface area contributed by atoms with Crippen LogP contribution in [0.15, 0.2) is 53.4 Å². The minimum atomic E-state index is -0.460. The Labute approximate surface area is 160 Å². The standard InChI is InChI=1S/C20H19FN2O3S/c1-13(15-5-8-19(25-2)18(21)9-15)23-20(24)14-3-6-17(7-4-14)26-10-16-11-27-12-22-16/h3-9,11-13H,10H2,1-2H3,(H,23,24)/t13-/m0/s1. The molecule has 0 fully saturated rings. The monoisotopic (exact) mass is 386 g/mol. The van der Waals surface area contributed by atoms with Gasteiger partial charge in [-0.25, -0.2) is 9.37 Å². The molecular formula is C20H19FN2O3S. The number of nitrogens with one attached hydrogen (secondary N) is 1. The van der Waals surface area contributed by atoms with Gasteiger partial charge in [-0.15, -0.1) is 11.3 Å². The molecule has 2 aromatic carbocycles. The summed E-state index contributed by atoms with van der Waals surface area (Å²) in [5.41, 5.74) is 3.77. The number of halogens is 1. The van der Waals surface area contributed by atoms with Crippen molar-refractivity contribution in [2.24, 2.45) is 0 Å². The second-order valence-electron chi connectivity index (χ2n) is 5.88. The third kappa shape index (κ3) is 4.83. The zero-order valence-electron chi connectivity index (χ0n) is 14.9. The van der Waals surface area contributed by atoms with E-state index in [1.54, 1.807) is 48.8 Å². The number of ether oxygens (including phenoxy) is 2. The second kappa shape index (κ2) is 8.64. The van der Waals surface area contributed by atoms with Crippen LogP contribution in [0.4, 0.5) is 4.39 Å². The van der Waals surface area contributed by atoms with Crippen molar-refractivity contribution in [3.63, 3.8) is 0 Å². The van der Waals surface area contributed by atoms with Gasteiger partial charge < -0.3 is 14.8 Å². The van der Waals surface area contributed by atoms with E-state index in [-0.39, 0.29) is 17.7 Å². The minimum absolute atomic E-state index is 0.172. The van der Waals surface area contributed by atoms with Gasteiger partial charge in [-0.2, -0.15) is 0 Å². The first kappa shape index (κ1) is 18.8. The summed E-state index contributed by atoms with van der Waals surface area (Å²) in [6.07, 6.45) is 0. The van der Waals surface area contributed by atoms with Gasteiger partial charge >= 0.3 is 0 Å². The average Bonchev–Trinajstić information content (AvgIpc) is 3.20. The van der Waals surface area contributed by atoms with E-state index in [1.807, 2.05) is 5.38 Å². The molecule has 1 N–H and O–H groups in total. The highest BCUT2D eigenvalue weighted by Gasteiger charge is 2.14. The van der Waals surface area contributed by atoms with Crippen LogP contribution in [0.5, 0.6) is 11.5 Å². The van der Waals surface area contributed by atoms with Crippen LogP contribution in [0.2, 0.25) is 0 Å². The van der Waals surface area contributed by atoms with Crippen LogP contribution in [-0.4, -0.2) is 18.0 Å². The molecule has 7 heteroatoms. The topological polar surface area (TPSA) is 60.5 Å². The third-order valence-corrected chi connectivity index (χ3v) is 4.65. The van der Waals surface area contributed by atoms with Crippen molar-refractivity contribution in [2.75, 3.05) is 7.11 Å². The maximum Gasteiger partial charge on any atom is 0.251 e. The molecule has 0 unspecified atom stereocenters. The molecular weight excluding hydrogens is 367 g/mol. The van der Waals surface area contributed by atoms with Gasteiger partial charge in [-0.3, -0.25) is 4.79 Å². The summed E-state index contributed by atoms with van der Waals surface area (Å²) in [5.74, 6) is 0.123. The summed E-state index contributed by atoms with van der Waals surface area (Å²) in [6, 6.07) is 11.1. The van der Waals surface area contributed by atoms with Gasteiger partial charge in [0.1, 0.15) is 12.4 Å². The molecule has 140 valence electrons. The Morgan fingerprint density at radius 1 is 1.26 bits per heavy atom. The molecule has 0 radical (unpaired) electrons. The number of aromatic nitrogens is 1. The highest BCUT2D eigenvalue weighted by molar-refractivity contribution is 7.07. The molecule has 0 aliphatic rings. The number of thiazole rings is 1. The van der Waals surface area contributed by atoms with Crippen molar-refractivity contribution in [3.05, 3.63) is 76.0 Å². The van der Waals surface area contributed by atoms with Gasteiger partial charge in [0.15, 0.2) is 11.6 Å². The Balaban J connectivity index is 1.59. The van der Waals surface area contributed by atoms with E-state index < -0.39 is 5.82 Å². The number of carbonyl (C=O) groups excluding carboxylic acids is 1. The molecule has 0 spiro atoms. The normalized spacial score (nSPS) is 11.7. The predicted octanol–water partition coefficient (Wildman–Crippen LogP) is 4.36. The fourth-order valence-electron chi connectivity index (χ4n) is 2.48. The van der Waals surface area contributed by atoms with Crippen LogP contribution < -0.4 is 14.8 Å². The van der Waals surface area contributed by atoms with Crippen molar-refractivity contribution in [3.8, 4) is 11.5 Å². The first-order valence-corrected chi connectivity index (χ1v) is 9.25. The molecule has 3 aromatic rings. The van der Waals surface area contributed by atoms with Gasteiger partial charge in [0.25, 0.3) is 5.91 Å². The summed E-state index contributed by atoms with van der Waals surface area (Å²) in [7, 11) is 1.41. The molecule has 0 aliphatic carbocycles. The van der Waals surface area contributed by atoms with E-state index in [4.69, 9.17) is 9.47 Å². The van der Waals surface area contributed by atoms with Crippen molar-refractivity contribution in [1.29, 1.82) is 0 Å². The first-order chi connectivity index (χ1) is 13.1. The highest BCUT2D eigenvalue weighted by atomic mass is 32.1. The summed E-state index contributed by atoms with van der Waals surface area (Å²) in [4.78, 5) is 16.6. The molecule has 27 heavy (non-hydrogen) atoms. The molecule has 0 saturated carbocycles. The summed E-state index contributed by atoms with van der Waals surface area (Å²) in [6.45, 7) is 2.18. The summed E-state index contributed by atoms with van der Waals surface area (Å²) < 4.78 is 24.4. The number of methoxy groups -OCH3 is 1. The van der Waals surface area contributed by atoms with E-state index >= 15 is 0 Å². The molecule has 3 rings (SSSR count). The van der Waals surface area contributed by atoms with Gasteiger partial charge in [0.2, 0.25) is 0 Å². The van der Waals surface area contributed by atoms with Crippen molar-refractivity contribution in [1.82, 2.24) is 10.3 Å². The maximum atomic E-state index is 13.8. The molecule has 0 saturated heterocycles.